The van der Waals surface area contributed by atoms with Crippen molar-refractivity contribution in [1.29, 1.82) is 0 Å². The molecule has 1 amide bonds. The van der Waals surface area contributed by atoms with Crippen molar-refractivity contribution >= 4 is 11.9 Å². The SMILES string of the molecule is Cc1ccc(C(N)C(=O)NC2(C(=O)O)CC2)cc1. The van der Waals surface area contributed by atoms with Crippen molar-refractivity contribution in [1.82, 2.24) is 5.32 Å². The summed E-state index contributed by atoms with van der Waals surface area (Å²) in [4.78, 5) is 22.9. The van der Waals surface area contributed by atoms with E-state index >= 15 is 0 Å². The molecule has 0 bridgehead atoms. The molecule has 4 N–H and O–H groups in total. The van der Waals surface area contributed by atoms with E-state index in [4.69, 9.17) is 10.8 Å². The monoisotopic (exact) mass is 248 g/mol. The first-order chi connectivity index (χ1) is 8.44. The molecule has 1 aromatic rings. The molecule has 5 heteroatoms. The Morgan fingerprint density at radius 2 is 1.89 bits per heavy atom. The van der Waals surface area contributed by atoms with E-state index in [0.717, 1.165) is 5.56 Å². The van der Waals surface area contributed by atoms with Gasteiger partial charge in [0, 0.05) is 0 Å². The van der Waals surface area contributed by atoms with Gasteiger partial charge < -0.3 is 16.2 Å². The molecule has 1 atom stereocenters. The summed E-state index contributed by atoms with van der Waals surface area (Å²) in [6, 6.07) is 6.46. The van der Waals surface area contributed by atoms with Crippen LogP contribution in [0.15, 0.2) is 24.3 Å². The maximum atomic E-state index is 11.9. The number of hydrogen-bond donors (Lipinski definition) is 3. The van der Waals surface area contributed by atoms with E-state index in [1.54, 1.807) is 12.1 Å². The van der Waals surface area contributed by atoms with Crippen LogP contribution >= 0.6 is 0 Å². The van der Waals surface area contributed by atoms with Crippen LogP contribution in [0, 0.1) is 6.92 Å². The minimum absolute atomic E-state index is 0.446. The van der Waals surface area contributed by atoms with Crippen LogP contribution in [0.1, 0.15) is 30.0 Å². The van der Waals surface area contributed by atoms with Crippen molar-refractivity contribution in [2.24, 2.45) is 5.73 Å². The van der Waals surface area contributed by atoms with Crippen LogP contribution in [0.3, 0.4) is 0 Å². The molecule has 5 nitrogen and oxygen atoms in total. The Kier molecular flexibility index (Phi) is 3.09. The van der Waals surface area contributed by atoms with E-state index in [1.807, 2.05) is 19.1 Å². The lowest BCUT2D eigenvalue weighted by atomic mass is 10.0. The fraction of sp³-hybridized carbons (Fsp3) is 0.385. The highest BCUT2D eigenvalue weighted by Crippen LogP contribution is 2.35. The average molecular weight is 248 g/mol. The van der Waals surface area contributed by atoms with Crippen LogP contribution in [0.2, 0.25) is 0 Å². The molecule has 0 aliphatic heterocycles. The number of aryl methyl sites for hydroxylation is 1. The van der Waals surface area contributed by atoms with E-state index in [1.165, 1.54) is 0 Å². The van der Waals surface area contributed by atoms with Gasteiger partial charge in [0.1, 0.15) is 11.6 Å². The van der Waals surface area contributed by atoms with Crippen LogP contribution in [0.25, 0.3) is 0 Å². The first kappa shape index (κ1) is 12.6. The average Bonchev–Trinajstić information content (AvgIpc) is 3.10. The zero-order valence-corrected chi connectivity index (χ0v) is 10.1. The van der Waals surface area contributed by atoms with Gasteiger partial charge in [0.2, 0.25) is 5.91 Å². The molecular formula is C13H16N2O3. The molecule has 18 heavy (non-hydrogen) atoms. The topological polar surface area (TPSA) is 92.4 Å². The van der Waals surface area contributed by atoms with Gasteiger partial charge in [-0.1, -0.05) is 29.8 Å². The minimum atomic E-state index is -1.08. The fourth-order valence-corrected chi connectivity index (χ4v) is 1.76. The van der Waals surface area contributed by atoms with Crippen molar-refractivity contribution in [3.05, 3.63) is 35.4 Å². The number of amides is 1. The highest BCUT2D eigenvalue weighted by atomic mass is 16.4. The Morgan fingerprint density at radius 1 is 1.33 bits per heavy atom. The van der Waals surface area contributed by atoms with E-state index in [2.05, 4.69) is 5.32 Å². The molecule has 0 aromatic heterocycles. The standard InChI is InChI=1S/C13H16N2O3/c1-8-2-4-9(5-3-8)10(14)11(16)15-13(6-7-13)12(17)18/h2-5,10H,6-7,14H2,1H3,(H,15,16)(H,17,18). The smallest absolute Gasteiger partial charge is 0.329 e. The Bertz CT molecular complexity index is 478. The predicted molar refractivity (Wildman–Crippen MR) is 65.9 cm³/mol. The number of rotatable bonds is 4. The largest absolute Gasteiger partial charge is 0.480 e. The second-order valence-corrected chi connectivity index (χ2v) is 4.76. The van der Waals surface area contributed by atoms with Gasteiger partial charge in [-0.3, -0.25) is 4.79 Å². The molecule has 96 valence electrons. The normalized spacial score (nSPS) is 17.9. The third kappa shape index (κ3) is 2.36. The number of benzene rings is 1. The van der Waals surface area contributed by atoms with Gasteiger partial charge in [0.15, 0.2) is 0 Å². The zero-order chi connectivity index (χ0) is 13.3. The highest BCUT2D eigenvalue weighted by molar-refractivity contribution is 5.92. The second kappa shape index (κ2) is 4.42. The summed E-state index contributed by atoms with van der Waals surface area (Å²) in [5, 5.41) is 11.5. The molecular weight excluding hydrogens is 232 g/mol. The predicted octanol–water partition coefficient (Wildman–Crippen LogP) is 0.728. The number of nitrogens with one attached hydrogen (secondary N) is 1. The van der Waals surface area contributed by atoms with Crippen molar-refractivity contribution in [2.75, 3.05) is 0 Å². The van der Waals surface area contributed by atoms with Crippen molar-refractivity contribution in [2.45, 2.75) is 31.3 Å². The summed E-state index contributed by atoms with van der Waals surface area (Å²) in [6.07, 6.45) is 0.934. The van der Waals surface area contributed by atoms with Gasteiger partial charge in [0.25, 0.3) is 0 Å². The first-order valence-electron chi connectivity index (χ1n) is 5.82. The third-order valence-corrected chi connectivity index (χ3v) is 3.24. The van der Waals surface area contributed by atoms with E-state index in [0.29, 0.717) is 18.4 Å². The quantitative estimate of drug-likeness (QED) is 0.732. The van der Waals surface area contributed by atoms with E-state index in [9.17, 15) is 9.59 Å². The number of carbonyl (C=O) groups excluding carboxylic acids is 1. The van der Waals surface area contributed by atoms with Crippen molar-refractivity contribution < 1.29 is 14.7 Å². The third-order valence-electron chi connectivity index (χ3n) is 3.24. The molecule has 0 radical (unpaired) electrons. The molecule has 1 aliphatic rings. The summed E-state index contributed by atoms with van der Waals surface area (Å²) in [7, 11) is 0. The minimum Gasteiger partial charge on any atom is -0.480 e. The van der Waals surface area contributed by atoms with Crippen LogP contribution in [-0.2, 0) is 9.59 Å². The summed E-state index contributed by atoms with van der Waals surface area (Å²) < 4.78 is 0. The van der Waals surface area contributed by atoms with Gasteiger partial charge in [-0.15, -0.1) is 0 Å². The van der Waals surface area contributed by atoms with Gasteiger partial charge >= 0.3 is 5.97 Å². The van der Waals surface area contributed by atoms with Gasteiger partial charge in [-0.05, 0) is 25.3 Å². The number of carbonyl (C=O) groups is 2. The number of aliphatic carboxylic acids is 1. The lowest BCUT2D eigenvalue weighted by Crippen LogP contribution is -2.46. The lowest BCUT2D eigenvalue weighted by molar-refractivity contribution is -0.143. The Hall–Kier alpha value is -1.88. The number of carboxylic acid groups (broad SMARTS) is 1. The summed E-state index contributed by atoms with van der Waals surface area (Å²) in [5.74, 6) is -1.44. The Balaban J connectivity index is 2.05. The van der Waals surface area contributed by atoms with E-state index in [-0.39, 0.29) is 0 Å². The molecule has 0 spiro atoms. The fourth-order valence-electron chi connectivity index (χ4n) is 1.76. The van der Waals surface area contributed by atoms with Gasteiger partial charge in [-0.2, -0.15) is 0 Å². The summed E-state index contributed by atoms with van der Waals surface area (Å²) in [6.45, 7) is 1.94. The molecule has 1 aliphatic carbocycles. The Labute approximate surface area is 105 Å². The number of hydrogen-bond acceptors (Lipinski definition) is 3. The molecule has 2 rings (SSSR count). The number of carboxylic acids is 1. The molecule has 0 saturated heterocycles. The van der Waals surface area contributed by atoms with Crippen LogP contribution < -0.4 is 11.1 Å². The second-order valence-electron chi connectivity index (χ2n) is 4.76. The molecule has 0 heterocycles. The maximum absolute atomic E-state index is 11.9. The first-order valence-corrected chi connectivity index (χ1v) is 5.82. The molecule has 1 saturated carbocycles. The lowest BCUT2D eigenvalue weighted by Gasteiger charge is -2.17. The summed E-state index contributed by atoms with van der Waals surface area (Å²) >= 11 is 0. The van der Waals surface area contributed by atoms with Crippen LogP contribution in [0.4, 0.5) is 0 Å². The van der Waals surface area contributed by atoms with Crippen molar-refractivity contribution in [3.8, 4) is 0 Å². The van der Waals surface area contributed by atoms with Crippen LogP contribution in [-0.4, -0.2) is 22.5 Å². The summed E-state index contributed by atoms with van der Waals surface area (Å²) in [5.41, 5.74) is 6.49. The van der Waals surface area contributed by atoms with E-state index < -0.39 is 23.5 Å². The Morgan fingerprint density at radius 3 is 2.33 bits per heavy atom. The molecule has 1 unspecified atom stereocenters. The van der Waals surface area contributed by atoms with Crippen LogP contribution in [0.5, 0.6) is 0 Å². The zero-order valence-electron chi connectivity index (χ0n) is 10.1. The van der Waals surface area contributed by atoms with Gasteiger partial charge in [0.05, 0.1) is 0 Å². The molecule has 1 aromatic carbocycles. The molecule has 1 fully saturated rings. The van der Waals surface area contributed by atoms with Gasteiger partial charge in [-0.25, -0.2) is 4.79 Å². The van der Waals surface area contributed by atoms with Crippen molar-refractivity contribution in [3.63, 3.8) is 0 Å². The highest BCUT2D eigenvalue weighted by Gasteiger charge is 2.52. The maximum Gasteiger partial charge on any atom is 0.329 e. The number of nitrogens with two attached hydrogens (primary N) is 1.